The standard InChI is InChI=1S/2C22H21NO3S/c2*1-25-22(24)20-6-9-23-13-17(20)3-2-15-7-10-26-21-12-16(4-5-19(15)21)18-8-11-27-14-18/h2*4-6,8-9,11-15H,2-3,7,10H2,1H3/t2*15-/m10/s1. The van der Waals surface area contributed by atoms with Crippen molar-refractivity contribution in [2.75, 3.05) is 27.4 Å². The summed E-state index contributed by atoms with van der Waals surface area (Å²) in [7, 11) is 2.82. The molecule has 8 nitrogen and oxygen atoms in total. The molecule has 8 rings (SSSR count). The summed E-state index contributed by atoms with van der Waals surface area (Å²) in [4.78, 5) is 32.3. The second kappa shape index (κ2) is 17.7. The fourth-order valence-electron chi connectivity index (χ4n) is 7.27. The van der Waals surface area contributed by atoms with Gasteiger partial charge in [-0.1, -0.05) is 24.3 Å². The number of aryl methyl sites for hydroxylation is 2. The predicted octanol–water partition coefficient (Wildman–Crippen LogP) is 10.2. The van der Waals surface area contributed by atoms with Gasteiger partial charge in [0.25, 0.3) is 0 Å². The number of benzene rings is 2. The highest BCUT2D eigenvalue weighted by molar-refractivity contribution is 7.08. The van der Waals surface area contributed by atoms with Crippen molar-refractivity contribution in [2.45, 2.75) is 50.4 Å². The van der Waals surface area contributed by atoms with Gasteiger partial charge in [-0.2, -0.15) is 22.7 Å². The number of esters is 2. The van der Waals surface area contributed by atoms with Gasteiger partial charge in [0, 0.05) is 24.8 Å². The molecule has 0 amide bonds. The molecule has 0 aliphatic carbocycles. The molecule has 10 heteroatoms. The van der Waals surface area contributed by atoms with E-state index < -0.39 is 0 Å². The third kappa shape index (κ3) is 8.56. The van der Waals surface area contributed by atoms with E-state index in [-0.39, 0.29) is 11.9 Å². The molecule has 6 heterocycles. The number of carbonyl (C=O) groups excluding carboxylic acids is 2. The molecule has 2 aliphatic heterocycles. The van der Waals surface area contributed by atoms with Gasteiger partial charge in [-0.3, -0.25) is 9.97 Å². The maximum atomic E-state index is 12.0. The first kappa shape index (κ1) is 37.0. The highest BCUT2D eigenvalue weighted by Crippen LogP contribution is 2.41. The van der Waals surface area contributed by atoms with Gasteiger partial charge in [-0.05, 0) is 153 Å². The summed E-state index contributed by atoms with van der Waals surface area (Å²) in [5, 5.41) is 8.48. The molecule has 0 saturated heterocycles. The molecular formula is C44H42N2O6S2. The Morgan fingerprint density at radius 2 is 1.11 bits per heavy atom. The van der Waals surface area contributed by atoms with E-state index in [4.69, 9.17) is 18.9 Å². The summed E-state index contributed by atoms with van der Waals surface area (Å²) in [6, 6.07) is 20.7. The van der Waals surface area contributed by atoms with Crippen molar-refractivity contribution in [3.63, 3.8) is 0 Å². The Balaban J connectivity index is 0.000000167. The molecule has 4 aromatic heterocycles. The molecule has 0 fully saturated rings. The second-order valence-corrected chi connectivity index (χ2v) is 14.9. The lowest BCUT2D eigenvalue weighted by Crippen LogP contribution is -2.15. The van der Waals surface area contributed by atoms with Crippen LogP contribution in [0.25, 0.3) is 22.3 Å². The van der Waals surface area contributed by atoms with E-state index in [1.165, 1.54) is 47.6 Å². The summed E-state index contributed by atoms with van der Waals surface area (Å²) >= 11 is 3.40. The molecular weight excluding hydrogens is 717 g/mol. The van der Waals surface area contributed by atoms with Gasteiger partial charge in [0.1, 0.15) is 11.5 Å². The first-order chi connectivity index (χ1) is 26.5. The number of hydrogen-bond donors (Lipinski definition) is 0. The number of pyridine rings is 2. The van der Waals surface area contributed by atoms with Crippen molar-refractivity contribution < 1.29 is 28.5 Å². The zero-order valence-corrected chi connectivity index (χ0v) is 32.0. The Hall–Kier alpha value is -5.32. The fourth-order valence-corrected chi connectivity index (χ4v) is 8.60. The van der Waals surface area contributed by atoms with Crippen molar-refractivity contribution in [1.82, 2.24) is 9.97 Å². The minimum absolute atomic E-state index is 0.305. The first-order valence-electron chi connectivity index (χ1n) is 18.1. The number of carbonyl (C=O) groups is 2. The van der Waals surface area contributed by atoms with Gasteiger partial charge < -0.3 is 18.9 Å². The quantitative estimate of drug-likeness (QED) is 0.127. The van der Waals surface area contributed by atoms with Crippen LogP contribution in [0.15, 0.2) is 107 Å². The summed E-state index contributed by atoms with van der Waals surface area (Å²) in [5.74, 6) is 2.18. The van der Waals surface area contributed by atoms with Crippen LogP contribution in [0.4, 0.5) is 0 Å². The van der Waals surface area contributed by atoms with Crippen LogP contribution in [0.2, 0.25) is 0 Å². The lowest BCUT2D eigenvalue weighted by Gasteiger charge is -2.26. The van der Waals surface area contributed by atoms with Crippen molar-refractivity contribution in [2.24, 2.45) is 0 Å². The second-order valence-electron chi connectivity index (χ2n) is 13.3. The van der Waals surface area contributed by atoms with Crippen LogP contribution in [-0.4, -0.2) is 49.3 Å². The smallest absolute Gasteiger partial charge is 0.338 e. The molecule has 6 aromatic rings. The molecule has 0 radical (unpaired) electrons. The van der Waals surface area contributed by atoms with E-state index >= 15 is 0 Å². The summed E-state index contributed by atoms with van der Waals surface area (Å²) < 4.78 is 21.7. The zero-order chi connectivity index (χ0) is 37.3. The van der Waals surface area contributed by atoms with E-state index in [0.717, 1.165) is 74.4 Å². The predicted molar refractivity (Wildman–Crippen MR) is 213 cm³/mol. The maximum Gasteiger partial charge on any atom is 0.338 e. The van der Waals surface area contributed by atoms with Crippen LogP contribution in [0.3, 0.4) is 0 Å². The van der Waals surface area contributed by atoms with Gasteiger partial charge in [-0.15, -0.1) is 0 Å². The Morgan fingerprint density at radius 3 is 1.52 bits per heavy atom. The molecule has 0 bridgehead atoms. The summed E-state index contributed by atoms with van der Waals surface area (Å²) in [6.45, 7) is 1.45. The van der Waals surface area contributed by atoms with Crippen LogP contribution in [0.5, 0.6) is 11.5 Å². The maximum absolute atomic E-state index is 12.0. The number of aromatic nitrogens is 2. The highest BCUT2D eigenvalue weighted by Gasteiger charge is 2.24. The number of nitrogens with zero attached hydrogens (tertiary/aromatic N) is 2. The summed E-state index contributed by atoms with van der Waals surface area (Å²) in [6.07, 6.45) is 12.2. The van der Waals surface area contributed by atoms with E-state index in [1.807, 2.05) is 0 Å². The van der Waals surface area contributed by atoms with Crippen LogP contribution in [0.1, 0.15) is 80.5 Å². The number of rotatable bonds is 10. The van der Waals surface area contributed by atoms with E-state index in [2.05, 4.69) is 80.0 Å². The average molecular weight is 759 g/mol. The number of hydrogen-bond acceptors (Lipinski definition) is 10. The lowest BCUT2D eigenvalue weighted by molar-refractivity contribution is 0.0590. The monoisotopic (exact) mass is 758 g/mol. The number of methoxy groups -OCH3 is 2. The molecule has 2 aromatic carbocycles. The zero-order valence-electron chi connectivity index (χ0n) is 30.4. The minimum atomic E-state index is -0.305. The van der Waals surface area contributed by atoms with Crippen LogP contribution in [0, 0.1) is 0 Å². The van der Waals surface area contributed by atoms with Crippen LogP contribution in [-0.2, 0) is 22.3 Å². The Kier molecular flexibility index (Phi) is 12.1. The van der Waals surface area contributed by atoms with E-state index in [1.54, 1.807) is 59.6 Å². The third-order valence-electron chi connectivity index (χ3n) is 10.2. The Bertz CT molecular complexity index is 2030. The van der Waals surface area contributed by atoms with Crippen molar-refractivity contribution in [3.05, 3.63) is 140 Å². The largest absolute Gasteiger partial charge is 0.493 e. The molecule has 0 N–H and O–H groups in total. The third-order valence-corrected chi connectivity index (χ3v) is 11.6. The average Bonchev–Trinajstić information content (AvgIpc) is 3.98. The van der Waals surface area contributed by atoms with E-state index in [9.17, 15) is 9.59 Å². The number of fused-ring (bicyclic) bond motifs is 2. The van der Waals surface area contributed by atoms with Gasteiger partial charge in [0.2, 0.25) is 0 Å². The van der Waals surface area contributed by atoms with Gasteiger partial charge in [-0.25, -0.2) is 9.59 Å². The Morgan fingerprint density at radius 1 is 0.648 bits per heavy atom. The lowest BCUT2D eigenvalue weighted by atomic mass is 9.86. The number of ether oxygens (including phenoxy) is 4. The first-order valence-corrected chi connectivity index (χ1v) is 20.0. The molecule has 54 heavy (non-hydrogen) atoms. The van der Waals surface area contributed by atoms with Gasteiger partial charge in [0.05, 0.1) is 38.6 Å². The van der Waals surface area contributed by atoms with Gasteiger partial charge in [0.15, 0.2) is 0 Å². The van der Waals surface area contributed by atoms with Crippen LogP contribution < -0.4 is 9.47 Å². The molecule has 0 saturated carbocycles. The number of thiophene rings is 2. The van der Waals surface area contributed by atoms with E-state index in [0.29, 0.717) is 23.0 Å². The minimum Gasteiger partial charge on any atom is -0.493 e. The topological polar surface area (TPSA) is 96.8 Å². The molecule has 2 atom stereocenters. The van der Waals surface area contributed by atoms with Crippen molar-refractivity contribution >= 4 is 34.6 Å². The normalized spacial score (nSPS) is 15.7. The molecule has 2 aliphatic rings. The fraction of sp³-hybridized carbons (Fsp3) is 0.273. The van der Waals surface area contributed by atoms with Crippen molar-refractivity contribution in [1.29, 1.82) is 0 Å². The van der Waals surface area contributed by atoms with Crippen LogP contribution >= 0.6 is 22.7 Å². The highest BCUT2D eigenvalue weighted by atomic mass is 32.1. The Labute approximate surface area is 323 Å². The summed E-state index contributed by atoms with van der Waals surface area (Å²) in [5.41, 5.74) is 10.4. The van der Waals surface area contributed by atoms with Gasteiger partial charge >= 0.3 is 11.9 Å². The molecule has 0 spiro atoms. The molecule has 276 valence electrons. The SMILES string of the molecule is COC(=O)c1ccncc1CC[C@@H]1CCOc2cc(-c3ccsc3)ccc21.COC(=O)c1ccncc1CC[C@H]1CCOc2cc(-c3ccsc3)ccc21. The molecule has 0 unspecified atom stereocenters. The van der Waals surface area contributed by atoms with Crippen molar-refractivity contribution in [3.8, 4) is 33.8 Å².